The van der Waals surface area contributed by atoms with E-state index in [1.807, 2.05) is 12.1 Å². The van der Waals surface area contributed by atoms with Gasteiger partial charge in [0.1, 0.15) is 5.75 Å². The molecule has 1 heterocycles. The maximum absolute atomic E-state index is 9.93. The number of hydrogen-bond donors (Lipinski definition) is 1. The van der Waals surface area contributed by atoms with Crippen LogP contribution in [0.5, 0.6) is 5.75 Å². The van der Waals surface area contributed by atoms with Crippen LogP contribution in [0, 0.1) is 5.92 Å². The van der Waals surface area contributed by atoms with Crippen molar-refractivity contribution in [1.29, 1.82) is 0 Å². The van der Waals surface area contributed by atoms with Gasteiger partial charge in [0, 0.05) is 6.04 Å². The molecule has 1 aliphatic heterocycles. The van der Waals surface area contributed by atoms with Crippen molar-refractivity contribution in [2.24, 2.45) is 5.92 Å². The molecule has 2 aliphatic rings. The quantitative estimate of drug-likeness (QED) is 0.818. The first-order valence-corrected chi connectivity index (χ1v) is 7.30. The van der Waals surface area contributed by atoms with E-state index >= 15 is 0 Å². The lowest BCUT2D eigenvalue weighted by molar-refractivity contribution is 0.202. The van der Waals surface area contributed by atoms with E-state index in [1.54, 1.807) is 0 Å². The zero-order valence-corrected chi connectivity index (χ0v) is 11.2. The number of benzene rings is 1. The maximum Gasteiger partial charge on any atom is 0.119 e. The van der Waals surface area contributed by atoms with Gasteiger partial charge >= 0.3 is 0 Å². The van der Waals surface area contributed by atoms with Gasteiger partial charge in [0.15, 0.2) is 0 Å². The molecule has 1 N–H and O–H groups in total. The van der Waals surface area contributed by atoms with Gasteiger partial charge in [0.05, 0.1) is 0 Å². The molecule has 2 heteroatoms. The Kier molecular flexibility index (Phi) is 3.29. The first kappa shape index (κ1) is 12.0. The summed E-state index contributed by atoms with van der Waals surface area (Å²) in [7, 11) is 0. The van der Waals surface area contributed by atoms with E-state index in [0.717, 1.165) is 12.3 Å². The second-order valence-corrected chi connectivity index (χ2v) is 5.97. The van der Waals surface area contributed by atoms with Crippen molar-refractivity contribution >= 4 is 0 Å². The molecule has 0 radical (unpaired) electrons. The predicted octanol–water partition coefficient (Wildman–Crippen LogP) is 3.50. The highest BCUT2D eigenvalue weighted by Gasteiger charge is 2.30. The van der Waals surface area contributed by atoms with E-state index in [2.05, 4.69) is 17.9 Å². The van der Waals surface area contributed by atoms with Crippen molar-refractivity contribution in [2.45, 2.75) is 45.1 Å². The van der Waals surface area contributed by atoms with E-state index in [0.29, 0.717) is 11.8 Å². The highest BCUT2D eigenvalue weighted by molar-refractivity contribution is 5.44. The minimum absolute atomic E-state index is 0.498. The Labute approximate surface area is 110 Å². The number of phenols is 1. The van der Waals surface area contributed by atoms with E-state index in [-0.39, 0.29) is 0 Å². The summed E-state index contributed by atoms with van der Waals surface area (Å²) < 4.78 is 0. The summed E-state index contributed by atoms with van der Waals surface area (Å²) in [5.41, 5.74) is 2.57. The summed E-state index contributed by atoms with van der Waals surface area (Å²) in [5.74, 6) is 1.37. The van der Waals surface area contributed by atoms with Crippen LogP contribution in [-0.2, 0) is 6.42 Å². The van der Waals surface area contributed by atoms with Crippen LogP contribution in [0.2, 0.25) is 0 Å². The monoisotopic (exact) mass is 245 g/mol. The largest absolute Gasteiger partial charge is 0.508 e. The third-order valence-corrected chi connectivity index (χ3v) is 4.71. The molecule has 2 unspecified atom stereocenters. The molecular formula is C16H23NO. The molecule has 0 saturated carbocycles. The highest BCUT2D eigenvalue weighted by atomic mass is 16.3. The number of hydrogen-bond acceptors (Lipinski definition) is 2. The minimum atomic E-state index is 0.498. The Hall–Kier alpha value is -1.02. The fourth-order valence-electron chi connectivity index (χ4n) is 3.59. The number of fused-ring (bicyclic) bond motifs is 1. The summed E-state index contributed by atoms with van der Waals surface area (Å²) in [4.78, 5) is 2.65. The predicted molar refractivity (Wildman–Crippen MR) is 73.8 cm³/mol. The standard InChI is InChI=1S/C16H23NO/c1-12-4-3-10-17(11-9-12)15-8-7-14-13(15)5-2-6-16(14)18/h2,5-6,12,15,18H,3-4,7-11H2,1H3. The van der Waals surface area contributed by atoms with Gasteiger partial charge in [-0.3, -0.25) is 4.90 Å². The van der Waals surface area contributed by atoms with Gasteiger partial charge < -0.3 is 5.11 Å². The Bertz CT molecular complexity index is 429. The van der Waals surface area contributed by atoms with Crippen LogP contribution >= 0.6 is 0 Å². The summed E-state index contributed by atoms with van der Waals surface area (Å²) >= 11 is 0. The highest BCUT2D eigenvalue weighted by Crippen LogP contribution is 2.40. The molecule has 1 saturated heterocycles. The normalized spacial score (nSPS) is 28.9. The van der Waals surface area contributed by atoms with Crippen molar-refractivity contribution < 1.29 is 5.11 Å². The van der Waals surface area contributed by atoms with Crippen LogP contribution in [0.15, 0.2) is 18.2 Å². The third-order valence-electron chi connectivity index (χ3n) is 4.71. The van der Waals surface area contributed by atoms with Gasteiger partial charge in [-0.1, -0.05) is 19.1 Å². The molecule has 3 rings (SSSR count). The molecule has 98 valence electrons. The lowest BCUT2D eigenvalue weighted by Gasteiger charge is -2.28. The van der Waals surface area contributed by atoms with Crippen molar-refractivity contribution in [2.75, 3.05) is 13.1 Å². The van der Waals surface area contributed by atoms with Crippen LogP contribution in [0.3, 0.4) is 0 Å². The molecule has 0 bridgehead atoms. The fourth-order valence-corrected chi connectivity index (χ4v) is 3.59. The van der Waals surface area contributed by atoms with E-state index in [4.69, 9.17) is 0 Å². The molecule has 2 nitrogen and oxygen atoms in total. The molecule has 0 aromatic heterocycles. The number of phenolic OH excluding ortho intramolecular Hbond substituents is 1. The Morgan fingerprint density at radius 3 is 2.94 bits per heavy atom. The van der Waals surface area contributed by atoms with Crippen LogP contribution in [0.1, 0.15) is 49.8 Å². The molecule has 0 spiro atoms. The van der Waals surface area contributed by atoms with Crippen molar-refractivity contribution in [1.82, 2.24) is 4.90 Å². The third kappa shape index (κ3) is 2.14. The van der Waals surface area contributed by atoms with Gasteiger partial charge in [-0.05, 0) is 68.3 Å². The molecule has 1 fully saturated rings. The number of aromatic hydroxyl groups is 1. The average molecular weight is 245 g/mol. The Morgan fingerprint density at radius 1 is 1.17 bits per heavy atom. The van der Waals surface area contributed by atoms with Crippen molar-refractivity contribution in [3.8, 4) is 5.75 Å². The topological polar surface area (TPSA) is 23.5 Å². The molecule has 1 aliphatic carbocycles. The summed E-state index contributed by atoms with van der Waals surface area (Å²) in [6.07, 6.45) is 6.24. The van der Waals surface area contributed by atoms with Crippen molar-refractivity contribution in [3.05, 3.63) is 29.3 Å². The minimum Gasteiger partial charge on any atom is -0.508 e. The summed E-state index contributed by atoms with van der Waals surface area (Å²) in [5, 5.41) is 9.93. The van der Waals surface area contributed by atoms with E-state index < -0.39 is 0 Å². The van der Waals surface area contributed by atoms with Crippen LogP contribution < -0.4 is 0 Å². The number of rotatable bonds is 1. The van der Waals surface area contributed by atoms with Crippen LogP contribution in [0.4, 0.5) is 0 Å². The molecule has 2 atom stereocenters. The molecule has 0 amide bonds. The number of nitrogens with zero attached hydrogens (tertiary/aromatic N) is 1. The zero-order chi connectivity index (χ0) is 12.5. The first-order valence-electron chi connectivity index (χ1n) is 7.30. The molecular weight excluding hydrogens is 222 g/mol. The average Bonchev–Trinajstić information content (AvgIpc) is 2.68. The SMILES string of the molecule is CC1CCCN(C2CCc3c(O)cccc32)CC1. The smallest absolute Gasteiger partial charge is 0.119 e. The molecule has 1 aromatic rings. The molecule has 18 heavy (non-hydrogen) atoms. The maximum atomic E-state index is 9.93. The Balaban J connectivity index is 1.81. The van der Waals surface area contributed by atoms with Crippen LogP contribution in [-0.4, -0.2) is 23.1 Å². The lowest BCUT2D eigenvalue weighted by Crippen LogP contribution is -2.28. The summed E-state index contributed by atoms with van der Waals surface area (Å²) in [6, 6.07) is 6.58. The fraction of sp³-hybridized carbons (Fsp3) is 0.625. The van der Waals surface area contributed by atoms with Gasteiger partial charge in [-0.25, -0.2) is 0 Å². The van der Waals surface area contributed by atoms with Gasteiger partial charge in [-0.15, -0.1) is 0 Å². The van der Waals surface area contributed by atoms with Crippen LogP contribution in [0.25, 0.3) is 0 Å². The van der Waals surface area contributed by atoms with Gasteiger partial charge in [0.25, 0.3) is 0 Å². The second kappa shape index (κ2) is 4.93. The first-order chi connectivity index (χ1) is 8.75. The van der Waals surface area contributed by atoms with E-state index in [9.17, 15) is 5.11 Å². The number of likely N-dealkylation sites (tertiary alicyclic amines) is 1. The summed E-state index contributed by atoms with van der Waals surface area (Å²) in [6.45, 7) is 4.82. The van der Waals surface area contributed by atoms with Crippen molar-refractivity contribution in [3.63, 3.8) is 0 Å². The molecule has 1 aromatic carbocycles. The second-order valence-electron chi connectivity index (χ2n) is 5.97. The Morgan fingerprint density at radius 2 is 2.06 bits per heavy atom. The van der Waals surface area contributed by atoms with E-state index in [1.165, 1.54) is 49.9 Å². The van der Waals surface area contributed by atoms with Gasteiger partial charge in [0.2, 0.25) is 0 Å². The lowest BCUT2D eigenvalue weighted by atomic mass is 10.0. The van der Waals surface area contributed by atoms with Gasteiger partial charge in [-0.2, -0.15) is 0 Å². The zero-order valence-electron chi connectivity index (χ0n) is 11.2.